The number of methoxy groups -OCH3 is 1. The number of fused-ring (bicyclic) bond motifs is 1. The Labute approximate surface area is 187 Å². The predicted molar refractivity (Wildman–Crippen MR) is 125 cm³/mol. The van der Waals surface area contributed by atoms with Crippen LogP contribution in [0.5, 0.6) is 5.75 Å². The Morgan fingerprint density at radius 3 is 2.56 bits per heavy atom. The molecule has 0 bridgehead atoms. The van der Waals surface area contributed by atoms with Crippen LogP contribution in [0.3, 0.4) is 0 Å². The first kappa shape index (κ1) is 22.8. The van der Waals surface area contributed by atoms with Gasteiger partial charge in [0.2, 0.25) is 0 Å². The molecule has 0 aliphatic heterocycles. The van der Waals surface area contributed by atoms with Gasteiger partial charge in [-0.3, -0.25) is 4.90 Å². The molecule has 0 fully saturated rings. The van der Waals surface area contributed by atoms with Gasteiger partial charge in [0, 0.05) is 22.7 Å². The third-order valence-electron chi connectivity index (χ3n) is 4.64. The number of carbonyl (C=O) groups excluding carboxylic acids is 1. The first-order valence-electron chi connectivity index (χ1n) is 10.1. The van der Waals surface area contributed by atoms with E-state index in [9.17, 15) is 10.1 Å². The molecule has 1 aromatic heterocycles. The number of aryl methyl sites for hydroxylation is 1. The van der Waals surface area contributed by atoms with Crippen LogP contribution in [-0.2, 0) is 4.74 Å². The minimum absolute atomic E-state index is 0.0300. The van der Waals surface area contributed by atoms with E-state index >= 15 is 0 Å². The van der Waals surface area contributed by atoms with E-state index in [4.69, 9.17) is 9.47 Å². The Morgan fingerprint density at radius 1 is 1.22 bits per heavy atom. The molecule has 164 valence electrons. The van der Waals surface area contributed by atoms with Crippen molar-refractivity contribution in [3.05, 3.63) is 60.6 Å². The molecule has 1 amide bonds. The van der Waals surface area contributed by atoms with Gasteiger partial charge in [0.05, 0.1) is 31.1 Å². The Bertz CT molecular complexity index is 1220. The zero-order valence-corrected chi connectivity index (χ0v) is 19.0. The lowest BCUT2D eigenvalue weighted by molar-refractivity contribution is 0.0583. The van der Waals surface area contributed by atoms with E-state index in [-0.39, 0.29) is 12.1 Å². The monoisotopic (exact) mass is 430 g/mol. The van der Waals surface area contributed by atoms with Crippen LogP contribution in [0.4, 0.5) is 10.5 Å². The molecule has 7 nitrogen and oxygen atoms in total. The topological polar surface area (TPSA) is 88.3 Å². The molecule has 7 heteroatoms. The van der Waals surface area contributed by atoms with Gasteiger partial charge in [0.1, 0.15) is 17.2 Å². The summed E-state index contributed by atoms with van der Waals surface area (Å²) in [6.45, 7) is 10.9. The van der Waals surface area contributed by atoms with Crippen LogP contribution in [0, 0.1) is 18.3 Å². The third kappa shape index (κ3) is 5.03. The van der Waals surface area contributed by atoms with Gasteiger partial charge in [-0.15, -0.1) is 0 Å². The van der Waals surface area contributed by atoms with Gasteiger partial charge in [-0.05, 0) is 51.3 Å². The Morgan fingerprint density at radius 2 is 1.94 bits per heavy atom. The maximum Gasteiger partial charge on any atom is 0.415 e. The molecule has 0 aliphatic carbocycles. The summed E-state index contributed by atoms with van der Waals surface area (Å²) in [5.74, 6) is 1.14. The molecule has 0 N–H and O–H groups in total. The largest absolute Gasteiger partial charge is 0.495 e. The molecule has 0 radical (unpaired) electrons. The van der Waals surface area contributed by atoms with Gasteiger partial charge in [-0.2, -0.15) is 5.26 Å². The number of carbonyl (C=O) groups is 1. The molecule has 0 aliphatic rings. The fraction of sp³-hybridized carbons (Fsp3) is 0.280. The van der Waals surface area contributed by atoms with Crippen LogP contribution in [0.25, 0.3) is 22.0 Å². The molecule has 0 unspecified atom stereocenters. The smallest absolute Gasteiger partial charge is 0.415 e. The maximum atomic E-state index is 13.2. The first-order chi connectivity index (χ1) is 15.1. The zero-order chi connectivity index (χ0) is 23.5. The molecular weight excluding hydrogens is 404 g/mol. The van der Waals surface area contributed by atoms with Crippen molar-refractivity contribution < 1.29 is 14.3 Å². The van der Waals surface area contributed by atoms with Gasteiger partial charge in [0.25, 0.3) is 0 Å². The molecule has 1 heterocycles. The molecule has 2 aromatic carbocycles. The van der Waals surface area contributed by atoms with Crippen molar-refractivity contribution in [2.75, 3.05) is 18.6 Å². The molecule has 3 aromatic rings. The first-order valence-corrected chi connectivity index (χ1v) is 10.1. The number of aromatic nitrogens is 2. The zero-order valence-electron chi connectivity index (χ0n) is 19.0. The highest BCUT2D eigenvalue weighted by Gasteiger charge is 2.28. The van der Waals surface area contributed by atoms with Crippen LogP contribution in [0.2, 0.25) is 0 Å². The normalized spacial score (nSPS) is 11.0. The number of amides is 1. The number of rotatable bonds is 5. The molecule has 0 atom stereocenters. The standard InChI is InChI=1S/C25H26N4O3/c1-16(14-26)15-29(24(30)32-25(3,4)5)23-20-13-19(21-11-12-27-17(2)28-21)8-7-18(20)9-10-22(23)31-6/h7-13H,1,15H2,2-6H3. The van der Waals surface area contributed by atoms with E-state index in [2.05, 4.69) is 16.5 Å². The minimum Gasteiger partial charge on any atom is -0.495 e. The summed E-state index contributed by atoms with van der Waals surface area (Å²) in [4.78, 5) is 23.3. The number of anilines is 1. The summed E-state index contributed by atoms with van der Waals surface area (Å²) in [5.41, 5.74) is 1.63. The van der Waals surface area contributed by atoms with Crippen molar-refractivity contribution in [3.63, 3.8) is 0 Å². The Hall–Kier alpha value is -3.92. The van der Waals surface area contributed by atoms with E-state index in [0.717, 1.165) is 22.0 Å². The van der Waals surface area contributed by atoms with E-state index in [1.807, 2.05) is 43.3 Å². The molecule has 0 saturated carbocycles. The number of ether oxygens (including phenoxy) is 2. The highest BCUT2D eigenvalue weighted by atomic mass is 16.6. The second-order valence-corrected chi connectivity index (χ2v) is 8.32. The van der Waals surface area contributed by atoms with E-state index in [1.54, 1.807) is 33.0 Å². The summed E-state index contributed by atoms with van der Waals surface area (Å²) in [6, 6.07) is 13.4. The van der Waals surface area contributed by atoms with Crippen LogP contribution >= 0.6 is 0 Å². The number of nitrogens with zero attached hydrogens (tertiary/aromatic N) is 4. The fourth-order valence-electron chi connectivity index (χ4n) is 3.28. The average molecular weight is 431 g/mol. The van der Waals surface area contributed by atoms with Crippen molar-refractivity contribution in [1.29, 1.82) is 5.26 Å². The summed E-state index contributed by atoms with van der Waals surface area (Å²) >= 11 is 0. The lowest BCUT2D eigenvalue weighted by Gasteiger charge is -2.29. The lowest BCUT2D eigenvalue weighted by atomic mass is 10.0. The molecule has 0 saturated heterocycles. The predicted octanol–water partition coefficient (Wildman–Crippen LogP) is 5.44. The fourth-order valence-corrected chi connectivity index (χ4v) is 3.28. The van der Waals surface area contributed by atoms with Gasteiger partial charge in [-0.1, -0.05) is 24.8 Å². The second kappa shape index (κ2) is 9.06. The number of hydrogen-bond donors (Lipinski definition) is 0. The highest BCUT2D eigenvalue weighted by molar-refractivity contribution is 6.06. The van der Waals surface area contributed by atoms with E-state index < -0.39 is 11.7 Å². The second-order valence-electron chi connectivity index (χ2n) is 8.32. The SMILES string of the molecule is C=C(C#N)CN(C(=O)OC(C)(C)C)c1c(OC)ccc2ccc(-c3ccnc(C)n3)cc12. The number of benzene rings is 2. The quantitative estimate of drug-likeness (QED) is 0.501. The van der Waals surface area contributed by atoms with Gasteiger partial charge >= 0.3 is 6.09 Å². The molecule has 32 heavy (non-hydrogen) atoms. The maximum absolute atomic E-state index is 13.2. The molecule has 3 rings (SSSR count). The van der Waals surface area contributed by atoms with Crippen molar-refractivity contribution in [2.24, 2.45) is 0 Å². The van der Waals surface area contributed by atoms with Crippen LogP contribution in [0.1, 0.15) is 26.6 Å². The van der Waals surface area contributed by atoms with Crippen LogP contribution < -0.4 is 9.64 Å². The van der Waals surface area contributed by atoms with Crippen LogP contribution in [-0.4, -0.2) is 35.3 Å². The third-order valence-corrected chi connectivity index (χ3v) is 4.64. The summed E-state index contributed by atoms with van der Waals surface area (Å²) in [5, 5.41) is 11.0. The average Bonchev–Trinajstić information content (AvgIpc) is 2.75. The van der Waals surface area contributed by atoms with Crippen molar-refractivity contribution in [3.8, 4) is 23.1 Å². The summed E-state index contributed by atoms with van der Waals surface area (Å²) in [6.07, 6.45) is 1.11. The minimum atomic E-state index is -0.717. The molecule has 0 spiro atoms. The Balaban J connectivity index is 2.25. The van der Waals surface area contributed by atoms with Crippen molar-refractivity contribution >= 4 is 22.6 Å². The lowest BCUT2D eigenvalue weighted by Crippen LogP contribution is -2.38. The highest BCUT2D eigenvalue weighted by Crippen LogP contribution is 2.39. The number of nitriles is 1. The van der Waals surface area contributed by atoms with Gasteiger partial charge in [0.15, 0.2) is 0 Å². The van der Waals surface area contributed by atoms with Crippen LogP contribution in [0.15, 0.2) is 54.7 Å². The van der Waals surface area contributed by atoms with Crippen molar-refractivity contribution in [1.82, 2.24) is 9.97 Å². The van der Waals surface area contributed by atoms with Gasteiger partial charge in [-0.25, -0.2) is 14.8 Å². The Kier molecular flexibility index (Phi) is 6.45. The number of hydrogen-bond acceptors (Lipinski definition) is 6. The summed E-state index contributed by atoms with van der Waals surface area (Å²) < 4.78 is 11.2. The van der Waals surface area contributed by atoms with E-state index in [1.165, 1.54) is 12.0 Å². The van der Waals surface area contributed by atoms with Crippen molar-refractivity contribution in [2.45, 2.75) is 33.3 Å². The summed E-state index contributed by atoms with van der Waals surface area (Å²) in [7, 11) is 1.54. The van der Waals surface area contributed by atoms with E-state index in [0.29, 0.717) is 17.3 Å². The molecular formula is C25H26N4O3. The van der Waals surface area contributed by atoms with Gasteiger partial charge < -0.3 is 9.47 Å².